The molecule has 2 fully saturated rings. The summed E-state index contributed by atoms with van der Waals surface area (Å²) in [5.41, 5.74) is 0.512. The molecule has 0 radical (unpaired) electrons. The van der Waals surface area contributed by atoms with Crippen LogP contribution in [0.1, 0.15) is 29.6 Å². The zero-order valence-electron chi connectivity index (χ0n) is 16.2. The maximum Gasteiger partial charge on any atom is 0.306 e. The van der Waals surface area contributed by atoms with Crippen molar-refractivity contribution in [2.24, 2.45) is 11.8 Å². The molecule has 1 N–H and O–H groups in total. The molecule has 0 aromatic heterocycles. The molecule has 1 aromatic rings. The molecule has 1 aliphatic heterocycles. The van der Waals surface area contributed by atoms with E-state index in [4.69, 9.17) is 14.6 Å². The van der Waals surface area contributed by atoms with E-state index in [9.17, 15) is 14.4 Å². The Balaban J connectivity index is 1.57. The molecule has 28 heavy (non-hydrogen) atoms. The molecule has 1 aliphatic carbocycles. The van der Waals surface area contributed by atoms with E-state index in [0.29, 0.717) is 62.5 Å². The molecule has 8 nitrogen and oxygen atoms in total. The molecule has 2 aliphatic rings. The van der Waals surface area contributed by atoms with Crippen LogP contribution in [0.25, 0.3) is 0 Å². The van der Waals surface area contributed by atoms with Crippen molar-refractivity contribution in [3.8, 4) is 11.5 Å². The van der Waals surface area contributed by atoms with Crippen molar-refractivity contribution in [3.63, 3.8) is 0 Å². The zero-order chi connectivity index (χ0) is 20.3. The number of methoxy groups -OCH3 is 2. The Kier molecular flexibility index (Phi) is 6.06. The minimum Gasteiger partial charge on any atom is -0.493 e. The minimum absolute atomic E-state index is 0.0157. The van der Waals surface area contributed by atoms with E-state index in [2.05, 4.69) is 0 Å². The van der Waals surface area contributed by atoms with Gasteiger partial charge in [-0.05, 0) is 37.5 Å². The normalized spacial score (nSPS) is 22.1. The van der Waals surface area contributed by atoms with Crippen LogP contribution in [0.15, 0.2) is 18.2 Å². The maximum absolute atomic E-state index is 12.8. The number of carbonyl (C=O) groups is 3. The van der Waals surface area contributed by atoms with Gasteiger partial charge in [0.2, 0.25) is 5.91 Å². The van der Waals surface area contributed by atoms with Crippen molar-refractivity contribution < 1.29 is 29.0 Å². The largest absolute Gasteiger partial charge is 0.493 e. The van der Waals surface area contributed by atoms with Crippen LogP contribution in [0.2, 0.25) is 0 Å². The second kappa shape index (κ2) is 8.50. The van der Waals surface area contributed by atoms with Crippen LogP contribution in [0.4, 0.5) is 0 Å². The number of amides is 2. The van der Waals surface area contributed by atoms with Gasteiger partial charge in [-0.3, -0.25) is 14.4 Å². The highest BCUT2D eigenvalue weighted by Crippen LogP contribution is 2.33. The average molecular weight is 390 g/mol. The lowest BCUT2D eigenvalue weighted by molar-refractivity contribution is -0.142. The summed E-state index contributed by atoms with van der Waals surface area (Å²) in [6, 6.07) is 5.06. The fourth-order valence-corrected chi connectivity index (χ4v) is 3.97. The van der Waals surface area contributed by atoms with Crippen LogP contribution >= 0.6 is 0 Å². The van der Waals surface area contributed by atoms with Crippen molar-refractivity contribution in [2.45, 2.75) is 19.3 Å². The molecular weight excluding hydrogens is 364 g/mol. The first-order valence-corrected chi connectivity index (χ1v) is 9.47. The lowest BCUT2D eigenvalue weighted by Gasteiger charge is -2.36. The van der Waals surface area contributed by atoms with Crippen molar-refractivity contribution in [2.75, 3.05) is 40.4 Å². The summed E-state index contributed by atoms with van der Waals surface area (Å²) in [4.78, 5) is 40.0. The van der Waals surface area contributed by atoms with Crippen LogP contribution in [0, 0.1) is 11.8 Å². The Morgan fingerprint density at radius 3 is 2.11 bits per heavy atom. The van der Waals surface area contributed by atoms with Crippen LogP contribution in [-0.4, -0.2) is 73.1 Å². The van der Waals surface area contributed by atoms with Gasteiger partial charge >= 0.3 is 5.97 Å². The van der Waals surface area contributed by atoms with Gasteiger partial charge in [0.15, 0.2) is 11.5 Å². The molecular formula is C20H26N2O6. The standard InChI is InChI=1S/C20H26N2O6/c1-27-16-6-5-14(12-17(16)28-2)19(24)22-9-7-21(8-10-22)18(23)13-3-4-15(11-13)20(25)26/h5-6,12-13,15H,3-4,7-11H2,1-2H3,(H,25,26)/t13-,15+/m1/s1. The van der Waals surface area contributed by atoms with Gasteiger partial charge in [0.1, 0.15) is 0 Å². The third kappa shape index (κ3) is 4.05. The highest BCUT2D eigenvalue weighted by atomic mass is 16.5. The number of nitrogens with zero attached hydrogens (tertiary/aromatic N) is 2. The van der Waals surface area contributed by atoms with Gasteiger partial charge in [-0.15, -0.1) is 0 Å². The molecule has 0 bridgehead atoms. The first-order valence-electron chi connectivity index (χ1n) is 9.47. The number of hydrogen-bond donors (Lipinski definition) is 1. The Morgan fingerprint density at radius 1 is 0.929 bits per heavy atom. The number of hydrogen-bond acceptors (Lipinski definition) is 5. The molecule has 0 spiro atoms. The van der Waals surface area contributed by atoms with E-state index < -0.39 is 11.9 Å². The number of aliphatic carboxylic acids is 1. The molecule has 1 saturated carbocycles. The summed E-state index contributed by atoms with van der Waals surface area (Å²) < 4.78 is 10.5. The molecule has 1 heterocycles. The molecule has 2 amide bonds. The molecule has 152 valence electrons. The van der Waals surface area contributed by atoms with E-state index in [1.807, 2.05) is 0 Å². The Labute approximate surface area is 164 Å². The summed E-state index contributed by atoms with van der Waals surface area (Å²) in [6.07, 6.45) is 1.60. The van der Waals surface area contributed by atoms with Crippen LogP contribution in [-0.2, 0) is 9.59 Å². The second-order valence-corrected chi connectivity index (χ2v) is 7.23. The first-order chi connectivity index (χ1) is 13.4. The maximum atomic E-state index is 12.8. The minimum atomic E-state index is -0.819. The summed E-state index contributed by atoms with van der Waals surface area (Å²) in [5.74, 6) is -0.486. The molecule has 0 unspecified atom stereocenters. The number of rotatable bonds is 5. The van der Waals surface area contributed by atoms with Crippen LogP contribution in [0.5, 0.6) is 11.5 Å². The van der Waals surface area contributed by atoms with E-state index in [1.165, 1.54) is 7.11 Å². The van der Waals surface area contributed by atoms with Gasteiger partial charge < -0.3 is 24.4 Å². The van der Waals surface area contributed by atoms with Crippen LogP contribution < -0.4 is 9.47 Å². The second-order valence-electron chi connectivity index (χ2n) is 7.23. The van der Waals surface area contributed by atoms with Gasteiger partial charge in [0.05, 0.1) is 20.1 Å². The summed E-state index contributed by atoms with van der Waals surface area (Å²) in [7, 11) is 3.06. The monoisotopic (exact) mass is 390 g/mol. The van der Waals surface area contributed by atoms with Gasteiger partial charge in [-0.1, -0.05) is 0 Å². The third-order valence-electron chi connectivity index (χ3n) is 5.64. The van der Waals surface area contributed by atoms with Gasteiger partial charge in [-0.25, -0.2) is 0 Å². The molecule has 1 saturated heterocycles. The highest BCUT2D eigenvalue weighted by Gasteiger charge is 2.37. The summed E-state index contributed by atoms with van der Waals surface area (Å²) in [5, 5.41) is 9.11. The smallest absolute Gasteiger partial charge is 0.306 e. The van der Waals surface area contributed by atoms with E-state index >= 15 is 0 Å². The average Bonchev–Trinajstić information content (AvgIpc) is 3.23. The SMILES string of the molecule is COc1ccc(C(=O)N2CCN(C(=O)[C@@H]3CC[C@H](C(=O)O)C3)CC2)cc1OC. The van der Waals surface area contributed by atoms with E-state index in [0.717, 1.165) is 0 Å². The number of piperazine rings is 1. The predicted molar refractivity (Wildman–Crippen MR) is 100 cm³/mol. The number of ether oxygens (including phenoxy) is 2. The Morgan fingerprint density at radius 2 is 1.54 bits per heavy atom. The van der Waals surface area contributed by atoms with E-state index in [1.54, 1.807) is 35.1 Å². The number of benzene rings is 1. The first kappa shape index (κ1) is 20.0. The molecule has 1 aromatic carbocycles. The topological polar surface area (TPSA) is 96.4 Å². The number of carbonyl (C=O) groups excluding carboxylic acids is 2. The van der Waals surface area contributed by atoms with Gasteiger partial charge in [0.25, 0.3) is 5.91 Å². The highest BCUT2D eigenvalue weighted by molar-refractivity contribution is 5.95. The van der Waals surface area contributed by atoms with Crippen molar-refractivity contribution in [3.05, 3.63) is 23.8 Å². The Hall–Kier alpha value is -2.77. The third-order valence-corrected chi connectivity index (χ3v) is 5.64. The zero-order valence-corrected chi connectivity index (χ0v) is 16.2. The van der Waals surface area contributed by atoms with Crippen LogP contribution in [0.3, 0.4) is 0 Å². The fourth-order valence-electron chi connectivity index (χ4n) is 3.97. The lowest BCUT2D eigenvalue weighted by Crippen LogP contribution is -2.51. The molecule has 2 atom stereocenters. The summed E-state index contributed by atoms with van der Waals surface area (Å²) >= 11 is 0. The van der Waals surface area contributed by atoms with Gasteiger partial charge in [-0.2, -0.15) is 0 Å². The molecule has 8 heteroatoms. The van der Waals surface area contributed by atoms with Crippen molar-refractivity contribution in [1.82, 2.24) is 9.80 Å². The predicted octanol–water partition coefficient (Wildman–Crippen LogP) is 1.49. The van der Waals surface area contributed by atoms with Gasteiger partial charge in [0, 0.05) is 37.7 Å². The van der Waals surface area contributed by atoms with E-state index in [-0.39, 0.29) is 17.7 Å². The number of carboxylic acids is 1. The lowest BCUT2D eigenvalue weighted by atomic mass is 10.0. The Bertz CT molecular complexity index is 757. The molecule has 3 rings (SSSR count). The van der Waals surface area contributed by atoms with Crippen molar-refractivity contribution in [1.29, 1.82) is 0 Å². The van der Waals surface area contributed by atoms with Crippen molar-refractivity contribution >= 4 is 17.8 Å². The fraction of sp³-hybridized carbons (Fsp3) is 0.550. The quantitative estimate of drug-likeness (QED) is 0.818. The summed E-state index contributed by atoms with van der Waals surface area (Å²) in [6.45, 7) is 1.83. The number of carboxylic acid groups (broad SMARTS) is 1.